The van der Waals surface area contributed by atoms with Gasteiger partial charge in [0.25, 0.3) is 0 Å². The molecule has 1 saturated carbocycles. The molecule has 0 unspecified atom stereocenters. The van der Waals surface area contributed by atoms with Gasteiger partial charge in [-0.05, 0) is 54.5 Å². The van der Waals surface area contributed by atoms with E-state index in [9.17, 15) is 0 Å². The van der Waals surface area contributed by atoms with Crippen LogP contribution in [0.4, 0.5) is 0 Å². The first-order chi connectivity index (χ1) is 12.2. The molecule has 1 heterocycles. The molecule has 0 saturated heterocycles. The molecule has 0 spiro atoms. The van der Waals surface area contributed by atoms with Crippen molar-refractivity contribution in [3.63, 3.8) is 0 Å². The fourth-order valence-corrected chi connectivity index (χ4v) is 4.13. The lowest BCUT2D eigenvalue weighted by Crippen LogP contribution is -2.30. The van der Waals surface area contributed by atoms with Gasteiger partial charge in [-0.3, -0.25) is 0 Å². The first kappa shape index (κ1) is 16.1. The summed E-state index contributed by atoms with van der Waals surface area (Å²) in [6.07, 6.45) is 7.75. The molecule has 0 atom stereocenters. The summed E-state index contributed by atoms with van der Waals surface area (Å²) in [4.78, 5) is 0. The second-order valence-corrected chi connectivity index (χ2v) is 7.33. The van der Waals surface area contributed by atoms with Crippen molar-refractivity contribution in [2.75, 3.05) is 0 Å². The average molecular weight is 328 g/mol. The van der Waals surface area contributed by atoms with Crippen LogP contribution in [-0.2, 0) is 7.05 Å². The summed E-state index contributed by atoms with van der Waals surface area (Å²) in [5, 5.41) is 0. The molecule has 0 bridgehead atoms. The van der Waals surface area contributed by atoms with Crippen LogP contribution in [0.3, 0.4) is 0 Å². The molecule has 1 nitrogen and oxygen atoms in total. The zero-order chi connectivity index (χ0) is 17.2. The highest BCUT2D eigenvalue weighted by atomic mass is 14.9. The van der Waals surface area contributed by atoms with E-state index in [1.807, 2.05) is 0 Å². The summed E-state index contributed by atoms with van der Waals surface area (Å²) in [6, 6.07) is 22.3. The highest BCUT2D eigenvalue weighted by Gasteiger charge is 2.17. The van der Waals surface area contributed by atoms with Gasteiger partial charge >= 0.3 is 0 Å². The first-order valence-corrected chi connectivity index (χ1v) is 9.38. The maximum Gasteiger partial charge on any atom is 0.212 e. The molecule has 1 aromatic heterocycles. The van der Waals surface area contributed by atoms with Crippen molar-refractivity contribution in [1.82, 2.24) is 0 Å². The molecule has 1 aliphatic rings. The SMILES string of the molecule is Cc1ccccc1-c1ccc(-c2ccc(C3CCCC3)cc2)c[n+]1C. The Bertz CT molecular complexity index is 871. The van der Waals surface area contributed by atoms with Gasteiger partial charge in [-0.1, -0.05) is 55.3 Å². The maximum absolute atomic E-state index is 2.33. The quantitative estimate of drug-likeness (QED) is 0.534. The number of aromatic nitrogens is 1. The zero-order valence-electron chi connectivity index (χ0n) is 15.2. The molecule has 3 aromatic rings. The average Bonchev–Trinajstić information content (AvgIpc) is 3.17. The van der Waals surface area contributed by atoms with E-state index in [0.29, 0.717) is 0 Å². The summed E-state index contributed by atoms with van der Waals surface area (Å²) in [6.45, 7) is 2.17. The summed E-state index contributed by atoms with van der Waals surface area (Å²) < 4.78 is 2.24. The van der Waals surface area contributed by atoms with Gasteiger partial charge in [-0.25, -0.2) is 4.57 Å². The topological polar surface area (TPSA) is 3.88 Å². The van der Waals surface area contributed by atoms with Gasteiger partial charge in [0.05, 0.1) is 0 Å². The van der Waals surface area contributed by atoms with Crippen LogP contribution in [-0.4, -0.2) is 0 Å². The van der Waals surface area contributed by atoms with Crippen molar-refractivity contribution in [2.24, 2.45) is 7.05 Å². The highest BCUT2D eigenvalue weighted by molar-refractivity contribution is 5.66. The number of rotatable bonds is 3. The molecule has 2 aromatic carbocycles. The van der Waals surface area contributed by atoms with Crippen LogP contribution in [0.1, 0.15) is 42.7 Å². The van der Waals surface area contributed by atoms with E-state index in [1.165, 1.54) is 59.2 Å². The van der Waals surface area contributed by atoms with Crippen LogP contribution in [0.2, 0.25) is 0 Å². The lowest BCUT2D eigenvalue weighted by molar-refractivity contribution is -0.659. The Balaban J connectivity index is 1.63. The van der Waals surface area contributed by atoms with Gasteiger partial charge in [0.2, 0.25) is 5.69 Å². The molecule has 1 heteroatoms. The van der Waals surface area contributed by atoms with Crippen LogP contribution in [0, 0.1) is 6.92 Å². The van der Waals surface area contributed by atoms with E-state index in [0.717, 1.165) is 5.92 Å². The van der Waals surface area contributed by atoms with Gasteiger partial charge in [0.1, 0.15) is 7.05 Å². The maximum atomic E-state index is 2.33. The Kier molecular flexibility index (Phi) is 4.40. The predicted molar refractivity (Wildman–Crippen MR) is 104 cm³/mol. The molecule has 0 N–H and O–H groups in total. The van der Waals surface area contributed by atoms with E-state index in [4.69, 9.17) is 0 Å². The summed E-state index contributed by atoms with van der Waals surface area (Å²) in [5.74, 6) is 0.786. The van der Waals surface area contributed by atoms with Crippen molar-refractivity contribution in [1.29, 1.82) is 0 Å². The Morgan fingerprint density at radius 2 is 1.48 bits per heavy atom. The molecule has 1 aliphatic carbocycles. The Labute approximate surface area is 151 Å². The molecule has 0 aliphatic heterocycles. The smallest absolute Gasteiger partial charge is 0.200 e. The summed E-state index contributed by atoms with van der Waals surface area (Å²) in [5.41, 5.74) is 7.96. The third-order valence-corrected chi connectivity index (χ3v) is 5.63. The second-order valence-electron chi connectivity index (χ2n) is 7.33. The zero-order valence-corrected chi connectivity index (χ0v) is 15.2. The largest absolute Gasteiger partial charge is 0.212 e. The Morgan fingerprint density at radius 1 is 0.800 bits per heavy atom. The van der Waals surface area contributed by atoms with Crippen molar-refractivity contribution in [3.05, 3.63) is 78.0 Å². The van der Waals surface area contributed by atoms with Gasteiger partial charge in [-0.15, -0.1) is 0 Å². The van der Waals surface area contributed by atoms with E-state index < -0.39 is 0 Å². The second kappa shape index (κ2) is 6.84. The van der Waals surface area contributed by atoms with E-state index >= 15 is 0 Å². The van der Waals surface area contributed by atoms with Crippen LogP contribution < -0.4 is 4.57 Å². The molecular weight excluding hydrogens is 302 g/mol. The van der Waals surface area contributed by atoms with Gasteiger partial charge < -0.3 is 0 Å². The Morgan fingerprint density at radius 3 is 2.16 bits per heavy atom. The number of aryl methyl sites for hydroxylation is 2. The first-order valence-electron chi connectivity index (χ1n) is 9.38. The third-order valence-electron chi connectivity index (χ3n) is 5.63. The highest BCUT2D eigenvalue weighted by Crippen LogP contribution is 2.34. The van der Waals surface area contributed by atoms with Crippen molar-refractivity contribution >= 4 is 0 Å². The van der Waals surface area contributed by atoms with Crippen LogP contribution in [0.25, 0.3) is 22.4 Å². The number of hydrogen-bond acceptors (Lipinski definition) is 0. The number of pyridine rings is 1. The minimum absolute atomic E-state index is 0.786. The van der Waals surface area contributed by atoms with E-state index in [1.54, 1.807) is 0 Å². The fraction of sp³-hybridized carbons (Fsp3) is 0.292. The summed E-state index contributed by atoms with van der Waals surface area (Å²) in [7, 11) is 2.14. The van der Waals surface area contributed by atoms with E-state index in [-0.39, 0.29) is 0 Å². The summed E-state index contributed by atoms with van der Waals surface area (Å²) >= 11 is 0. The van der Waals surface area contributed by atoms with E-state index in [2.05, 4.69) is 85.4 Å². The lowest BCUT2D eigenvalue weighted by Gasteiger charge is -2.10. The fourth-order valence-electron chi connectivity index (χ4n) is 4.13. The van der Waals surface area contributed by atoms with Crippen molar-refractivity contribution in [3.8, 4) is 22.4 Å². The lowest BCUT2D eigenvalue weighted by atomic mass is 9.95. The van der Waals surface area contributed by atoms with Crippen LogP contribution in [0.5, 0.6) is 0 Å². The molecule has 1 fully saturated rings. The minimum Gasteiger partial charge on any atom is -0.200 e. The van der Waals surface area contributed by atoms with Crippen molar-refractivity contribution in [2.45, 2.75) is 38.5 Å². The van der Waals surface area contributed by atoms with Gasteiger partial charge in [0, 0.05) is 17.2 Å². The van der Waals surface area contributed by atoms with Crippen LogP contribution in [0.15, 0.2) is 66.9 Å². The Hall–Kier alpha value is -2.41. The van der Waals surface area contributed by atoms with Crippen LogP contribution >= 0.6 is 0 Å². The molecule has 0 radical (unpaired) electrons. The normalized spacial score (nSPS) is 14.8. The molecule has 0 amide bonds. The number of nitrogens with zero attached hydrogens (tertiary/aromatic N) is 1. The molecular formula is C24H26N+. The monoisotopic (exact) mass is 328 g/mol. The predicted octanol–water partition coefficient (Wildman–Crippen LogP) is 5.81. The molecule has 4 rings (SSSR count). The van der Waals surface area contributed by atoms with Gasteiger partial charge in [-0.2, -0.15) is 0 Å². The standard InChI is InChI=1S/C24H26N/c1-18-7-3-6-10-23(18)24-16-15-22(17-25(24)2)21-13-11-20(12-14-21)19-8-4-5-9-19/h3,6-7,10-17,19H,4-5,8-9H2,1-2H3/q+1. The van der Waals surface area contributed by atoms with Crippen molar-refractivity contribution < 1.29 is 4.57 Å². The minimum atomic E-state index is 0.786. The molecule has 126 valence electrons. The molecule has 25 heavy (non-hydrogen) atoms. The third kappa shape index (κ3) is 3.24. The van der Waals surface area contributed by atoms with Gasteiger partial charge in [0.15, 0.2) is 6.20 Å². The number of hydrogen-bond donors (Lipinski definition) is 0. The number of benzene rings is 2.